The van der Waals surface area contributed by atoms with Gasteiger partial charge in [0.1, 0.15) is 6.54 Å². The van der Waals surface area contributed by atoms with E-state index in [1.807, 2.05) is 0 Å². The Morgan fingerprint density at radius 1 is 1.18 bits per heavy atom. The quantitative estimate of drug-likeness (QED) is 0.583. The van der Waals surface area contributed by atoms with E-state index in [1.54, 1.807) is 30.3 Å². The van der Waals surface area contributed by atoms with Gasteiger partial charge in [-0.25, -0.2) is 8.42 Å². The molecule has 1 amide bonds. The van der Waals surface area contributed by atoms with Crippen LogP contribution in [0.15, 0.2) is 52.4 Å². The number of carbonyl (C=O) groups is 2. The SMILES string of the molecule is COC(=O)Cn1c(=NC(=O)c2ccc(Cl)cc2)sc2cc(S(C)(=O)=O)ccc21. The molecular formula is C18H15ClN2O5S2. The van der Waals surface area contributed by atoms with Gasteiger partial charge >= 0.3 is 5.97 Å². The minimum Gasteiger partial charge on any atom is -0.468 e. The molecule has 0 atom stereocenters. The summed E-state index contributed by atoms with van der Waals surface area (Å²) in [6.45, 7) is -0.165. The number of benzene rings is 2. The van der Waals surface area contributed by atoms with Crippen LogP contribution < -0.4 is 4.80 Å². The zero-order valence-electron chi connectivity index (χ0n) is 14.9. The molecule has 0 N–H and O–H groups in total. The zero-order valence-corrected chi connectivity index (χ0v) is 17.3. The van der Waals surface area contributed by atoms with Gasteiger partial charge in [-0.1, -0.05) is 22.9 Å². The van der Waals surface area contributed by atoms with Crippen molar-refractivity contribution in [3.8, 4) is 0 Å². The number of ether oxygens (including phenoxy) is 1. The summed E-state index contributed by atoms with van der Waals surface area (Å²) in [7, 11) is -2.14. The van der Waals surface area contributed by atoms with Crippen molar-refractivity contribution >= 4 is 54.9 Å². The van der Waals surface area contributed by atoms with Crippen LogP contribution in [0.2, 0.25) is 5.02 Å². The van der Waals surface area contributed by atoms with Crippen LogP contribution in [0.25, 0.3) is 10.2 Å². The number of nitrogens with zero attached hydrogens (tertiary/aromatic N) is 2. The van der Waals surface area contributed by atoms with E-state index in [4.69, 9.17) is 16.3 Å². The van der Waals surface area contributed by atoms with E-state index < -0.39 is 21.7 Å². The molecule has 28 heavy (non-hydrogen) atoms. The van der Waals surface area contributed by atoms with Crippen LogP contribution in [-0.4, -0.2) is 38.2 Å². The van der Waals surface area contributed by atoms with Gasteiger partial charge in [0, 0.05) is 16.8 Å². The van der Waals surface area contributed by atoms with Gasteiger partial charge in [-0.05, 0) is 42.5 Å². The summed E-state index contributed by atoms with van der Waals surface area (Å²) in [5.41, 5.74) is 0.911. The predicted molar refractivity (Wildman–Crippen MR) is 106 cm³/mol. The minimum atomic E-state index is -3.40. The lowest BCUT2D eigenvalue weighted by Gasteiger charge is -2.04. The van der Waals surface area contributed by atoms with Gasteiger partial charge in [-0.3, -0.25) is 9.59 Å². The smallest absolute Gasteiger partial charge is 0.325 e. The van der Waals surface area contributed by atoms with Crippen LogP contribution in [0, 0.1) is 0 Å². The largest absolute Gasteiger partial charge is 0.468 e. The van der Waals surface area contributed by atoms with Crippen LogP contribution in [-0.2, 0) is 25.9 Å². The molecule has 0 spiro atoms. The maximum Gasteiger partial charge on any atom is 0.325 e. The molecule has 1 heterocycles. The van der Waals surface area contributed by atoms with Crippen LogP contribution >= 0.6 is 22.9 Å². The molecule has 10 heteroatoms. The predicted octanol–water partition coefficient (Wildman–Crippen LogP) is 2.67. The first kappa shape index (κ1) is 20.2. The summed E-state index contributed by atoms with van der Waals surface area (Å²) in [4.78, 5) is 28.8. The first-order valence-electron chi connectivity index (χ1n) is 7.94. The highest BCUT2D eigenvalue weighted by molar-refractivity contribution is 7.90. The zero-order chi connectivity index (χ0) is 20.5. The number of sulfone groups is 1. The van der Waals surface area contributed by atoms with Crippen LogP contribution in [0.1, 0.15) is 10.4 Å². The Morgan fingerprint density at radius 2 is 1.86 bits per heavy atom. The van der Waals surface area contributed by atoms with Gasteiger partial charge in [-0.2, -0.15) is 4.99 Å². The van der Waals surface area contributed by atoms with E-state index >= 15 is 0 Å². The van der Waals surface area contributed by atoms with Gasteiger partial charge in [-0.15, -0.1) is 0 Å². The molecule has 1 aromatic heterocycles. The average molecular weight is 439 g/mol. The van der Waals surface area contributed by atoms with E-state index in [2.05, 4.69) is 4.99 Å². The van der Waals surface area contributed by atoms with Crippen molar-refractivity contribution < 1.29 is 22.7 Å². The summed E-state index contributed by atoms with van der Waals surface area (Å²) in [5, 5.41) is 0.493. The highest BCUT2D eigenvalue weighted by Crippen LogP contribution is 2.22. The number of fused-ring (bicyclic) bond motifs is 1. The highest BCUT2D eigenvalue weighted by atomic mass is 35.5. The van der Waals surface area contributed by atoms with Crippen LogP contribution in [0.3, 0.4) is 0 Å². The molecule has 0 saturated heterocycles. The molecule has 2 aromatic carbocycles. The van der Waals surface area contributed by atoms with Gasteiger partial charge in [0.25, 0.3) is 5.91 Å². The Kier molecular flexibility index (Phi) is 5.69. The molecule has 0 bridgehead atoms. The number of amides is 1. The lowest BCUT2D eigenvalue weighted by molar-refractivity contribution is -0.141. The Labute approximate surface area is 169 Å². The maximum atomic E-state index is 12.5. The second kappa shape index (κ2) is 7.86. The van der Waals surface area contributed by atoms with Gasteiger partial charge in [0.2, 0.25) is 0 Å². The first-order valence-corrected chi connectivity index (χ1v) is 11.0. The molecule has 3 rings (SSSR count). The van der Waals surface area contributed by atoms with Crippen molar-refractivity contribution in [1.29, 1.82) is 0 Å². The molecule has 7 nitrogen and oxygen atoms in total. The van der Waals surface area contributed by atoms with Crippen molar-refractivity contribution in [3.05, 3.63) is 57.9 Å². The lowest BCUT2D eigenvalue weighted by Crippen LogP contribution is -2.22. The Morgan fingerprint density at radius 3 is 2.46 bits per heavy atom. The molecule has 0 aliphatic rings. The Hall–Kier alpha value is -2.49. The second-order valence-corrected chi connectivity index (χ2v) is 9.33. The van der Waals surface area contributed by atoms with Crippen molar-refractivity contribution in [2.45, 2.75) is 11.4 Å². The fraction of sp³-hybridized carbons (Fsp3) is 0.167. The number of thiazole rings is 1. The fourth-order valence-electron chi connectivity index (χ4n) is 2.46. The third-order valence-electron chi connectivity index (χ3n) is 3.89. The second-order valence-electron chi connectivity index (χ2n) is 5.87. The lowest BCUT2D eigenvalue weighted by atomic mass is 10.2. The molecule has 0 unspecified atom stereocenters. The van der Waals surface area contributed by atoms with Crippen molar-refractivity contribution in [2.75, 3.05) is 13.4 Å². The molecule has 0 saturated carbocycles. The number of hydrogen-bond donors (Lipinski definition) is 0. The minimum absolute atomic E-state index is 0.141. The number of carbonyl (C=O) groups excluding carboxylic acids is 2. The number of esters is 1. The Balaban J connectivity index is 2.18. The summed E-state index contributed by atoms with van der Waals surface area (Å²) >= 11 is 6.95. The highest BCUT2D eigenvalue weighted by Gasteiger charge is 2.15. The number of aromatic nitrogens is 1. The van der Waals surface area contributed by atoms with Gasteiger partial charge in [0.15, 0.2) is 14.6 Å². The van der Waals surface area contributed by atoms with Crippen molar-refractivity contribution in [3.63, 3.8) is 0 Å². The summed E-state index contributed by atoms with van der Waals surface area (Å²) < 4.78 is 30.4. The molecule has 146 valence electrons. The van der Waals surface area contributed by atoms with E-state index in [-0.39, 0.29) is 16.2 Å². The monoisotopic (exact) mass is 438 g/mol. The number of rotatable bonds is 4. The molecule has 0 fully saturated rings. The van der Waals surface area contributed by atoms with Crippen molar-refractivity contribution in [1.82, 2.24) is 4.57 Å². The molecule has 0 aliphatic carbocycles. The van der Waals surface area contributed by atoms with Gasteiger partial charge in [0.05, 0.1) is 22.2 Å². The van der Waals surface area contributed by atoms with Crippen LogP contribution in [0.5, 0.6) is 0 Å². The molecule has 3 aromatic rings. The van der Waals surface area contributed by atoms with E-state index in [9.17, 15) is 18.0 Å². The molecule has 0 aliphatic heterocycles. The fourth-order valence-corrected chi connectivity index (χ4v) is 4.37. The summed E-state index contributed by atoms with van der Waals surface area (Å²) in [5.74, 6) is -1.03. The van der Waals surface area contributed by atoms with Crippen molar-refractivity contribution in [2.24, 2.45) is 4.99 Å². The maximum absolute atomic E-state index is 12.5. The topological polar surface area (TPSA) is 94.8 Å². The number of halogens is 1. The summed E-state index contributed by atoms with van der Waals surface area (Å²) in [6, 6.07) is 10.8. The van der Waals surface area contributed by atoms with Crippen LogP contribution in [0.4, 0.5) is 0 Å². The van der Waals surface area contributed by atoms with E-state index in [1.165, 1.54) is 23.8 Å². The van der Waals surface area contributed by atoms with E-state index in [0.29, 0.717) is 20.8 Å². The third kappa shape index (κ3) is 4.32. The molecule has 0 radical (unpaired) electrons. The first-order chi connectivity index (χ1) is 13.2. The number of hydrogen-bond acceptors (Lipinski definition) is 6. The van der Waals surface area contributed by atoms with E-state index in [0.717, 1.165) is 17.6 Å². The molecular weight excluding hydrogens is 424 g/mol. The average Bonchev–Trinajstić information content (AvgIpc) is 2.97. The standard InChI is InChI=1S/C18H15ClN2O5S2/c1-26-16(22)10-21-14-8-7-13(28(2,24)25)9-15(14)27-18(21)20-17(23)11-3-5-12(19)6-4-11/h3-9H,10H2,1-2H3. The normalized spacial score (nSPS) is 12.3. The summed E-state index contributed by atoms with van der Waals surface area (Å²) in [6.07, 6.45) is 1.11. The number of methoxy groups -OCH3 is 1. The Bertz CT molecular complexity index is 1240. The third-order valence-corrected chi connectivity index (χ3v) is 6.29. The van der Waals surface area contributed by atoms with Gasteiger partial charge < -0.3 is 9.30 Å².